The number of hydrogen-bond acceptors (Lipinski definition) is 4. The molecule has 0 aliphatic rings. The minimum Gasteiger partial charge on any atom is -0.465 e. The molecule has 1 atom stereocenters. The number of nitrogens with one attached hydrogen (secondary N) is 1. The minimum absolute atomic E-state index is 0.172. The van der Waals surface area contributed by atoms with Crippen LogP contribution in [0.5, 0.6) is 0 Å². The van der Waals surface area contributed by atoms with Crippen LogP contribution < -0.4 is 5.32 Å². The van der Waals surface area contributed by atoms with Crippen molar-refractivity contribution in [1.29, 1.82) is 0 Å². The van der Waals surface area contributed by atoms with E-state index in [1.165, 1.54) is 0 Å². The van der Waals surface area contributed by atoms with E-state index in [4.69, 9.17) is 4.74 Å². The second-order valence-corrected chi connectivity index (χ2v) is 4.42. The van der Waals surface area contributed by atoms with Crippen LogP contribution in [0.25, 0.3) is 0 Å². The average Bonchev–Trinajstić information content (AvgIpc) is 2.22. The first-order valence-corrected chi connectivity index (χ1v) is 6.75. The number of hydrogen-bond donors (Lipinski definition) is 1. The summed E-state index contributed by atoms with van der Waals surface area (Å²) in [5.74, 6) is 0.196. The van der Waals surface area contributed by atoms with Gasteiger partial charge in [0, 0.05) is 0 Å². The lowest BCUT2D eigenvalue weighted by molar-refractivity contribution is -0.149. The lowest BCUT2D eigenvalue weighted by atomic mass is 10.1. The summed E-state index contributed by atoms with van der Waals surface area (Å²) in [6.45, 7) is 0.627. The molecule has 0 saturated carbocycles. The maximum atomic E-state index is 12.0. The number of ether oxygens (including phenoxy) is 1. The summed E-state index contributed by atoms with van der Waals surface area (Å²) in [7, 11) is 0. The third kappa shape index (κ3) is 9.29. The summed E-state index contributed by atoms with van der Waals surface area (Å²) in [6, 6.07) is -0.872. The van der Waals surface area contributed by atoms with Gasteiger partial charge in [0.25, 0.3) is 0 Å². The average molecular weight is 273 g/mol. The molecule has 0 heterocycles. The fraction of sp³-hybridized carbons (Fsp3) is 0.900. The molecule has 7 heteroatoms. The van der Waals surface area contributed by atoms with Crippen LogP contribution in [0.15, 0.2) is 0 Å². The standard InChI is InChI=1S/C10H18F3NO2S/c1-3-16-9(15)8(5-4-6-17-2)14-7-10(11,12)13/h8,14H,3-7H2,1-2H3. The van der Waals surface area contributed by atoms with Crippen molar-refractivity contribution >= 4 is 17.7 Å². The van der Waals surface area contributed by atoms with Crippen LogP contribution in [-0.4, -0.2) is 43.3 Å². The quantitative estimate of drug-likeness (QED) is 0.543. The summed E-state index contributed by atoms with van der Waals surface area (Å²) in [5, 5.41) is 2.19. The van der Waals surface area contributed by atoms with E-state index in [1.807, 2.05) is 6.26 Å². The van der Waals surface area contributed by atoms with Crippen LogP contribution in [0.3, 0.4) is 0 Å². The van der Waals surface area contributed by atoms with Gasteiger partial charge in [-0.05, 0) is 31.8 Å². The van der Waals surface area contributed by atoms with Gasteiger partial charge < -0.3 is 4.74 Å². The normalized spacial score (nSPS) is 13.5. The van der Waals surface area contributed by atoms with E-state index in [0.29, 0.717) is 12.8 Å². The highest BCUT2D eigenvalue weighted by molar-refractivity contribution is 7.98. The van der Waals surface area contributed by atoms with Crippen molar-refractivity contribution in [2.45, 2.75) is 32.0 Å². The first-order chi connectivity index (χ1) is 7.90. The molecule has 0 aromatic rings. The molecule has 102 valence electrons. The maximum absolute atomic E-state index is 12.0. The molecule has 0 aromatic heterocycles. The van der Waals surface area contributed by atoms with Crippen molar-refractivity contribution in [1.82, 2.24) is 5.32 Å². The highest BCUT2D eigenvalue weighted by Crippen LogP contribution is 2.14. The number of thioether (sulfide) groups is 1. The molecule has 0 aromatic carbocycles. The first-order valence-electron chi connectivity index (χ1n) is 5.36. The first kappa shape index (κ1) is 16.6. The predicted molar refractivity (Wildman–Crippen MR) is 62.1 cm³/mol. The summed E-state index contributed by atoms with van der Waals surface area (Å²) >= 11 is 1.59. The van der Waals surface area contributed by atoms with Crippen LogP contribution in [0, 0.1) is 0 Å². The third-order valence-corrected chi connectivity index (χ3v) is 2.66. The smallest absolute Gasteiger partial charge is 0.401 e. The molecule has 0 rings (SSSR count). The van der Waals surface area contributed by atoms with Crippen molar-refractivity contribution in [3.63, 3.8) is 0 Å². The lowest BCUT2D eigenvalue weighted by Gasteiger charge is -2.18. The monoisotopic (exact) mass is 273 g/mol. The Balaban J connectivity index is 4.14. The predicted octanol–water partition coefficient (Wildman–Crippen LogP) is 2.21. The van der Waals surface area contributed by atoms with E-state index in [2.05, 4.69) is 5.32 Å². The molecular formula is C10H18F3NO2S. The molecule has 0 aliphatic heterocycles. The number of alkyl halides is 3. The molecule has 1 unspecified atom stereocenters. The molecule has 17 heavy (non-hydrogen) atoms. The largest absolute Gasteiger partial charge is 0.465 e. The van der Waals surface area contributed by atoms with Gasteiger partial charge in [0.05, 0.1) is 13.2 Å². The van der Waals surface area contributed by atoms with Crippen molar-refractivity contribution in [3.8, 4) is 0 Å². The summed E-state index contributed by atoms with van der Waals surface area (Å²) in [5.41, 5.74) is 0. The van der Waals surface area contributed by atoms with E-state index >= 15 is 0 Å². The summed E-state index contributed by atoms with van der Waals surface area (Å²) in [6.07, 6.45) is -1.38. The zero-order valence-electron chi connectivity index (χ0n) is 9.97. The van der Waals surface area contributed by atoms with Crippen molar-refractivity contribution < 1.29 is 22.7 Å². The Labute approximate surface area is 103 Å². The maximum Gasteiger partial charge on any atom is 0.401 e. The SMILES string of the molecule is CCOC(=O)C(CCCSC)NCC(F)(F)F. The lowest BCUT2D eigenvalue weighted by Crippen LogP contribution is -2.43. The Morgan fingerprint density at radius 1 is 1.47 bits per heavy atom. The number of halogens is 3. The van der Waals surface area contributed by atoms with E-state index in [-0.39, 0.29) is 6.61 Å². The highest BCUT2D eigenvalue weighted by atomic mass is 32.2. The Morgan fingerprint density at radius 3 is 2.59 bits per heavy atom. The van der Waals surface area contributed by atoms with Gasteiger partial charge in [-0.15, -0.1) is 0 Å². The van der Waals surface area contributed by atoms with Gasteiger partial charge in [-0.25, -0.2) is 0 Å². The molecule has 3 nitrogen and oxygen atoms in total. The Bertz CT molecular complexity index is 224. The van der Waals surface area contributed by atoms with Gasteiger partial charge in [0.15, 0.2) is 0 Å². The van der Waals surface area contributed by atoms with Crippen LogP contribution in [-0.2, 0) is 9.53 Å². The highest BCUT2D eigenvalue weighted by Gasteiger charge is 2.30. The van der Waals surface area contributed by atoms with Crippen LogP contribution in [0.2, 0.25) is 0 Å². The van der Waals surface area contributed by atoms with E-state index < -0.39 is 24.7 Å². The summed E-state index contributed by atoms with van der Waals surface area (Å²) in [4.78, 5) is 11.4. The molecule has 0 aliphatic carbocycles. The zero-order chi connectivity index (χ0) is 13.3. The molecule has 0 amide bonds. The van der Waals surface area contributed by atoms with Gasteiger partial charge >= 0.3 is 12.1 Å². The van der Waals surface area contributed by atoms with Crippen molar-refractivity contribution in [2.24, 2.45) is 0 Å². The molecule has 0 bridgehead atoms. The van der Waals surface area contributed by atoms with Gasteiger partial charge in [-0.3, -0.25) is 10.1 Å². The Kier molecular flexibility index (Phi) is 8.41. The minimum atomic E-state index is -4.32. The molecule has 1 N–H and O–H groups in total. The molecule has 0 fully saturated rings. The van der Waals surface area contributed by atoms with Gasteiger partial charge in [0.2, 0.25) is 0 Å². The van der Waals surface area contributed by atoms with Crippen LogP contribution in [0.1, 0.15) is 19.8 Å². The fourth-order valence-electron chi connectivity index (χ4n) is 1.22. The zero-order valence-corrected chi connectivity index (χ0v) is 10.8. The van der Waals surface area contributed by atoms with Gasteiger partial charge in [-0.2, -0.15) is 24.9 Å². The summed E-state index contributed by atoms with van der Waals surface area (Å²) < 4.78 is 40.8. The fourth-order valence-corrected chi connectivity index (χ4v) is 1.67. The number of esters is 1. The molecule has 0 spiro atoms. The molecule has 0 radical (unpaired) electrons. The second-order valence-electron chi connectivity index (χ2n) is 3.44. The van der Waals surface area contributed by atoms with Crippen LogP contribution in [0.4, 0.5) is 13.2 Å². The molecular weight excluding hydrogens is 255 g/mol. The third-order valence-electron chi connectivity index (χ3n) is 1.96. The second kappa shape index (κ2) is 8.63. The number of carbonyl (C=O) groups is 1. The Morgan fingerprint density at radius 2 is 2.12 bits per heavy atom. The van der Waals surface area contributed by atoms with Gasteiger partial charge in [-0.1, -0.05) is 0 Å². The van der Waals surface area contributed by atoms with E-state index in [0.717, 1.165) is 5.75 Å². The number of rotatable bonds is 8. The molecule has 0 saturated heterocycles. The van der Waals surface area contributed by atoms with E-state index in [9.17, 15) is 18.0 Å². The topological polar surface area (TPSA) is 38.3 Å². The number of carbonyl (C=O) groups excluding carboxylic acids is 1. The van der Waals surface area contributed by atoms with E-state index in [1.54, 1.807) is 18.7 Å². The van der Waals surface area contributed by atoms with Crippen molar-refractivity contribution in [3.05, 3.63) is 0 Å². The van der Waals surface area contributed by atoms with Crippen molar-refractivity contribution in [2.75, 3.05) is 25.2 Å². The van der Waals surface area contributed by atoms with Crippen LogP contribution >= 0.6 is 11.8 Å². The Hall–Kier alpha value is -0.430. The van der Waals surface area contributed by atoms with Gasteiger partial charge in [0.1, 0.15) is 6.04 Å².